The number of nitrogens with zero attached hydrogens (tertiary/aromatic N) is 2. The van der Waals surface area contributed by atoms with Gasteiger partial charge in [0.05, 0.1) is 0 Å². The smallest absolute Gasteiger partial charge is 0.274 e. The SMILES string of the molecule is CCc1ccccc1NC(=O)c1cc(NCCc2ccccc2F)nc(C)n1. The van der Waals surface area contributed by atoms with Crippen LogP contribution in [0.2, 0.25) is 0 Å². The summed E-state index contributed by atoms with van der Waals surface area (Å²) in [6.45, 7) is 4.27. The summed E-state index contributed by atoms with van der Waals surface area (Å²) in [6, 6.07) is 16.0. The predicted molar refractivity (Wildman–Crippen MR) is 109 cm³/mol. The van der Waals surface area contributed by atoms with Gasteiger partial charge < -0.3 is 10.6 Å². The third-order valence-corrected chi connectivity index (χ3v) is 4.38. The Hall–Kier alpha value is -3.28. The first kappa shape index (κ1) is 19.5. The largest absolute Gasteiger partial charge is 0.370 e. The molecule has 3 rings (SSSR count). The van der Waals surface area contributed by atoms with E-state index in [0.717, 1.165) is 17.7 Å². The lowest BCUT2D eigenvalue weighted by Gasteiger charge is -2.11. The maximum atomic E-state index is 13.7. The van der Waals surface area contributed by atoms with Gasteiger partial charge in [0.1, 0.15) is 23.2 Å². The summed E-state index contributed by atoms with van der Waals surface area (Å²) in [5.41, 5.74) is 2.76. The van der Waals surface area contributed by atoms with E-state index in [-0.39, 0.29) is 17.4 Å². The number of carbonyl (C=O) groups excluding carboxylic acids is 1. The minimum absolute atomic E-state index is 0.224. The van der Waals surface area contributed by atoms with E-state index in [2.05, 4.69) is 20.6 Å². The van der Waals surface area contributed by atoms with Crippen LogP contribution in [-0.4, -0.2) is 22.4 Å². The second-order valence-electron chi connectivity index (χ2n) is 6.42. The van der Waals surface area contributed by atoms with Gasteiger partial charge in [-0.3, -0.25) is 4.79 Å². The van der Waals surface area contributed by atoms with Gasteiger partial charge in [-0.15, -0.1) is 0 Å². The Balaban J connectivity index is 1.68. The standard InChI is InChI=1S/C22H23FN4O/c1-3-16-8-5-7-11-19(16)27-22(28)20-14-21(26-15(2)25-20)24-13-12-17-9-4-6-10-18(17)23/h4-11,14H,3,12-13H2,1-2H3,(H,27,28)(H,24,25,26). The Morgan fingerprint density at radius 2 is 1.75 bits per heavy atom. The number of hydrogen-bond acceptors (Lipinski definition) is 4. The third-order valence-electron chi connectivity index (χ3n) is 4.38. The van der Waals surface area contributed by atoms with Crippen LogP contribution in [0.25, 0.3) is 0 Å². The first-order chi connectivity index (χ1) is 13.6. The van der Waals surface area contributed by atoms with Gasteiger partial charge in [0, 0.05) is 18.3 Å². The number of nitrogens with one attached hydrogen (secondary N) is 2. The molecule has 28 heavy (non-hydrogen) atoms. The Morgan fingerprint density at radius 1 is 1.04 bits per heavy atom. The van der Waals surface area contributed by atoms with Gasteiger partial charge in [-0.1, -0.05) is 43.3 Å². The number of aromatic nitrogens is 2. The zero-order valence-corrected chi connectivity index (χ0v) is 16.0. The molecule has 1 aromatic heterocycles. The fraction of sp³-hybridized carbons (Fsp3) is 0.227. The normalized spacial score (nSPS) is 10.5. The summed E-state index contributed by atoms with van der Waals surface area (Å²) in [4.78, 5) is 21.2. The molecule has 0 atom stereocenters. The number of hydrogen-bond donors (Lipinski definition) is 2. The summed E-state index contributed by atoms with van der Waals surface area (Å²) >= 11 is 0. The van der Waals surface area contributed by atoms with E-state index < -0.39 is 0 Å². The average Bonchev–Trinajstić information content (AvgIpc) is 2.69. The molecule has 6 heteroatoms. The van der Waals surface area contributed by atoms with Crippen molar-refractivity contribution in [3.8, 4) is 0 Å². The van der Waals surface area contributed by atoms with Crippen LogP contribution in [0.1, 0.15) is 34.4 Å². The highest BCUT2D eigenvalue weighted by molar-refractivity contribution is 6.03. The van der Waals surface area contributed by atoms with Crippen LogP contribution in [-0.2, 0) is 12.8 Å². The number of carbonyl (C=O) groups is 1. The summed E-state index contributed by atoms with van der Waals surface area (Å²) in [5.74, 6) is 0.518. The van der Waals surface area contributed by atoms with Crippen LogP contribution in [0.5, 0.6) is 0 Å². The number of para-hydroxylation sites is 1. The summed E-state index contributed by atoms with van der Waals surface area (Å²) in [7, 11) is 0. The van der Waals surface area contributed by atoms with Gasteiger partial charge in [0.25, 0.3) is 5.91 Å². The lowest BCUT2D eigenvalue weighted by Crippen LogP contribution is -2.17. The maximum Gasteiger partial charge on any atom is 0.274 e. The number of halogens is 1. The van der Waals surface area contributed by atoms with E-state index in [0.29, 0.717) is 30.2 Å². The number of rotatable bonds is 7. The summed E-state index contributed by atoms with van der Waals surface area (Å²) < 4.78 is 13.7. The van der Waals surface area contributed by atoms with Crippen LogP contribution >= 0.6 is 0 Å². The van der Waals surface area contributed by atoms with E-state index in [9.17, 15) is 9.18 Å². The average molecular weight is 378 g/mol. The van der Waals surface area contributed by atoms with E-state index in [1.807, 2.05) is 37.3 Å². The van der Waals surface area contributed by atoms with Crippen molar-refractivity contribution >= 4 is 17.4 Å². The molecule has 0 saturated carbocycles. The number of aryl methyl sites for hydroxylation is 2. The van der Waals surface area contributed by atoms with Crippen LogP contribution in [0, 0.1) is 12.7 Å². The fourth-order valence-corrected chi connectivity index (χ4v) is 2.94. The molecule has 5 nitrogen and oxygen atoms in total. The van der Waals surface area contributed by atoms with Crippen molar-refractivity contribution in [3.63, 3.8) is 0 Å². The van der Waals surface area contributed by atoms with Gasteiger partial charge in [-0.05, 0) is 43.0 Å². The molecule has 1 amide bonds. The molecule has 0 aliphatic carbocycles. The molecule has 3 aromatic rings. The Labute approximate surface area is 164 Å². The highest BCUT2D eigenvalue weighted by atomic mass is 19.1. The van der Waals surface area contributed by atoms with Crippen molar-refractivity contribution in [1.29, 1.82) is 0 Å². The van der Waals surface area contributed by atoms with Gasteiger partial charge in [0.2, 0.25) is 0 Å². The summed E-state index contributed by atoms with van der Waals surface area (Å²) in [5, 5.41) is 6.06. The number of benzene rings is 2. The van der Waals surface area contributed by atoms with Crippen molar-refractivity contribution in [2.45, 2.75) is 26.7 Å². The van der Waals surface area contributed by atoms with Gasteiger partial charge >= 0.3 is 0 Å². The Bertz CT molecular complexity index is 974. The second-order valence-corrected chi connectivity index (χ2v) is 6.42. The van der Waals surface area contributed by atoms with Gasteiger partial charge in [-0.2, -0.15) is 0 Å². The van der Waals surface area contributed by atoms with Crippen molar-refractivity contribution < 1.29 is 9.18 Å². The molecular formula is C22H23FN4O. The van der Waals surface area contributed by atoms with Crippen molar-refractivity contribution in [1.82, 2.24) is 9.97 Å². The highest BCUT2D eigenvalue weighted by Crippen LogP contribution is 2.17. The van der Waals surface area contributed by atoms with E-state index in [1.54, 1.807) is 25.1 Å². The van der Waals surface area contributed by atoms with Gasteiger partial charge in [0.15, 0.2) is 0 Å². The van der Waals surface area contributed by atoms with Crippen LogP contribution in [0.15, 0.2) is 54.6 Å². The van der Waals surface area contributed by atoms with Crippen LogP contribution in [0.3, 0.4) is 0 Å². The zero-order valence-electron chi connectivity index (χ0n) is 16.0. The Morgan fingerprint density at radius 3 is 2.50 bits per heavy atom. The third kappa shape index (κ3) is 4.91. The lowest BCUT2D eigenvalue weighted by atomic mass is 10.1. The van der Waals surface area contributed by atoms with Crippen molar-refractivity contribution in [3.05, 3.63) is 83.1 Å². The highest BCUT2D eigenvalue weighted by Gasteiger charge is 2.12. The molecule has 2 N–H and O–H groups in total. The first-order valence-electron chi connectivity index (χ1n) is 9.29. The molecule has 0 unspecified atom stereocenters. The number of amides is 1. The molecule has 0 bridgehead atoms. The monoisotopic (exact) mass is 378 g/mol. The minimum Gasteiger partial charge on any atom is -0.370 e. The summed E-state index contributed by atoms with van der Waals surface area (Å²) in [6.07, 6.45) is 1.34. The molecule has 2 aromatic carbocycles. The molecule has 0 spiro atoms. The lowest BCUT2D eigenvalue weighted by molar-refractivity contribution is 0.102. The fourth-order valence-electron chi connectivity index (χ4n) is 2.94. The molecule has 0 radical (unpaired) electrons. The quantitative estimate of drug-likeness (QED) is 0.640. The molecule has 0 fully saturated rings. The zero-order chi connectivity index (χ0) is 19.9. The molecule has 0 aliphatic rings. The van der Waals surface area contributed by atoms with Crippen molar-refractivity contribution in [2.24, 2.45) is 0 Å². The van der Waals surface area contributed by atoms with Gasteiger partial charge in [-0.25, -0.2) is 14.4 Å². The van der Waals surface area contributed by atoms with Crippen LogP contribution < -0.4 is 10.6 Å². The molecule has 0 aliphatic heterocycles. The first-order valence-corrected chi connectivity index (χ1v) is 9.29. The molecule has 1 heterocycles. The van der Waals surface area contributed by atoms with E-state index in [1.165, 1.54) is 6.07 Å². The molecule has 0 saturated heterocycles. The number of anilines is 2. The van der Waals surface area contributed by atoms with E-state index in [4.69, 9.17) is 0 Å². The van der Waals surface area contributed by atoms with Crippen LogP contribution in [0.4, 0.5) is 15.9 Å². The van der Waals surface area contributed by atoms with E-state index >= 15 is 0 Å². The molecular weight excluding hydrogens is 355 g/mol. The predicted octanol–water partition coefficient (Wildman–Crippen LogP) is 4.39. The topological polar surface area (TPSA) is 66.9 Å². The minimum atomic E-state index is -0.288. The maximum absolute atomic E-state index is 13.7. The second kappa shape index (κ2) is 9.08. The Kier molecular flexibility index (Phi) is 6.32. The molecule has 144 valence electrons. The van der Waals surface area contributed by atoms with Crippen molar-refractivity contribution in [2.75, 3.05) is 17.2 Å².